The van der Waals surface area contributed by atoms with E-state index in [1.807, 2.05) is 37.3 Å². The summed E-state index contributed by atoms with van der Waals surface area (Å²) in [7, 11) is 0. The Morgan fingerprint density at radius 2 is 1.88 bits per heavy atom. The van der Waals surface area contributed by atoms with Crippen molar-refractivity contribution in [2.24, 2.45) is 0 Å². The lowest BCUT2D eigenvalue weighted by atomic mass is 10.0. The number of amides is 1. The molecule has 0 aliphatic carbocycles. The van der Waals surface area contributed by atoms with E-state index in [2.05, 4.69) is 26.2 Å². The van der Waals surface area contributed by atoms with E-state index in [-0.39, 0.29) is 24.1 Å². The lowest BCUT2D eigenvalue weighted by molar-refractivity contribution is -0.122. The van der Waals surface area contributed by atoms with Crippen LogP contribution in [0.5, 0.6) is 0 Å². The van der Waals surface area contributed by atoms with Crippen LogP contribution < -0.4 is 10.9 Å². The molecular formula is C20H20BrN3O2. The van der Waals surface area contributed by atoms with Gasteiger partial charge >= 0.3 is 0 Å². The van der Waals surface area contributed by atoms with Crippen LogP contribution in [0, 0.1) is 6.92 Å². The molecule has 0 aliphatic rings. The number of carbonyl (C=O) groups is 1. The molecule has 134 valence electrons. The van der Waals surface area contributed by atoms with Crippen molar-refractivity contribution < 1.29 is 4.79 Å². The minimum Gasteiger partial charge on any atom is -0.348 e. The van der Waals surface area contributed by atoms with Crippen molar-refractivity contribution in [1.82, 2.24) is 14.9 Å². The molecule has 0 saturated heterocycles. The highest BCUT2D eigenvalue weighted by molar-refractivity contribution is 9.10. The second-order valence-electron chi connectivity index (χ2n) is 6.15. The molecule has 0 radical (unpaired) electrons. The summed E-state index contributed by atoms with van der Waals surface area (Å²) in [6.07, 6.45) is 0.761. The molecule has 1 N–H and O–H groups in total. The Balaban J connectivity index is 1.82. The van der Waals surface area contributed by atoms with Gasteiger partial charge < -0.3 is 5.32 Å². The fraction of sp³-hybridized carbons (Fsp3) is 0.250. The van der Waals surface area contributed by atoms with Gasteiger partial charge in [-0.15, -0.1) is 0 Å². The molecule has 1 amide bonds. The van der Waals surface area contributed by atoms with Gasteiger partial charge in [-0.2, -0.15) is 0 Å². The highest BCUT2D eigenvalue weighted by atomic mass is 79.9. The maximum absolute atomic E-state index is 12.7. The van der Waals surface area contributed by atoms with Crippen LogP contribution in [-0.4, -0.2) is 15.5 Å². The van der Waals surface area contributed by atoms with Gasteiger partial charge in [0.15, 0.2) is 0 Å². The first-order chi connectivity index (χ1) is 12.5. The van der Waals surface area contributed by atoms with Crippen molar-refractivity contribution in [2.75, 3.05) is 0 Å². The Kier molecular flexibility index (Phi) is 5.52. The molecule has 2 aromatic carbocycles. The van der Waals surface area contributed by atoms with Crippen LogP contribution in [0.25, 0.3) is 10.9 Å². The third-order valence-corrected chi connectivity index (χ3v) is 4.90. The van der Waals surface area contributed by atoms with Gasteiger partial charge in [-0.25, -0.2) is 4.98 Å². The molecule has 0 aliphatic heterocycles. The minimum atomic E-state index is -0.206. The summed E-state index contributed by atoms with van der Waals surface area (Å²) in [6.45, 7) is 3.71. The summed E-state index contributed by atoms with van der Waals surface area (Å²) in [5, 5.41) is 3.53. The molecule has 3 rings (SSSR count). The minimum absolute atomic E-state index is 0.0461. The van der Waals surface area contributed by atoms with Crippen molar-refractivity contribution in [3.8, 4) is 0 Å². The third-order valence-electron chi connectivity index (χ3n) is 4.37. The van der Waals surface area contributed by atoms with Crippen molar-refractivity contribution >= 4 is 32.7 Å². The van der Waals surface area contributed by atoms with Gasteiger partial charge in [-0.1, -0.05) is 47.1 Å². The fourth-order valence-electron chi connectivity index (χ4n) is 2.96. The number of nitrogens with zero attached hydrogens (tertiary/aromatic N) is 2. The molecule has 5 nitrogen and oxygen atoms in total. The standard InChI is InChI=1S/C20H20BrN3O2/c1-3-17(14-8-10-15(21)11-9-14)23-19(25)12-24-13(2)22-18-7-5-4-6-16(18)20(24)26/h4-11,17H,3,12H2,1-2H3,(H,23,25)/t17-/m1/s1. The van der Waals surface area contributed by atoms with E-state index in [4.69, 9.17) is 0 Å². The lowest BCUT2D eigenvalue weighted by Gasteiger charge is -2.18. The molecule has 0 fully saturated rings. The summed E-state index contributed by atoms with van der Waals surface area (Å²) < 4.78 is 2.42. The largest absolute Gasteiger partial charge is 0.348 e. The molecule has 0 bridgehead atoms. The van der Waals surface area contributed by atoms with Crippen molar-refractivity contribution in [2.45, 2.75) is 32.9 Å². The first-order valence-corrected chi connectivity index (χ1v) is 9.30. The van der Waals surface area contributed by atoms with E-state index in [9.17, 15) is 9.59 Å². The molecular weight excluding hydrogens is 394 g/mol. The molecule has 26 heavy (non-hydrogen) atoms. The summed E-state index contributed by atoms with van der Waals surface area (Å²) in [6, 6.07) is 14.9. The number of para-hydroxylation sites is 1. The van der Waals surface area contributed by atoms with E-state index in [0.29, 0.717) is 16.7 Å². The number of halogens is 1. The number of rotatable bonds is 5. The number of benzene rings is 2. The predicted molar refractivity (Wildman–Crippen MR) is 106 cm³/mol. The monoisotopic (exact) mass is 413 g/mol. The van der Waals surface area contributed by atoms with Crippen LogP contribution >= 0.6 is 15.9 Å². The van der Waals surface area contributed by atoms with E-state index in [1.54, 1.807) is 25.1 Å². The van der Waals surface area contributed by atoms with E-state index < -0.39 is 0 Å². The quantitative estimate of drug-likeness (QED) is 0.692. The Morgan fingerprint density at radius 1 is 1.19 bits per heavy atom. The molecule has 1 aromatic heterocycles. The number of carbonyl (C=O) groups excluding carboxylic acids is 1. The molecule has 1 atom stereocenters. The van der Waals surface area contributed by atoms with Gasteiger partial charge in [0.2, 0.25) is 5.91 Å². The Morgan fingerprint density at radius 3 is 2.58 bits per heavy atom. The van der Waals surface area contributed by atoms with E-state index in [1.165, 1.54) is 4.57 Å². The van der Waals surface area contributed by atoms with Gasteiger partial charge in [0.25, 0.3) is 5.56 Å². The first-order valence-electron chi connectivity index (χ1n) is 8.50. The smallest absolute Gasteiger partial charge is 0.261 e. The van der Waals surface area contributed by atoms with Crippen LogP contribution in [0.3, 0.4) is 0 Å². The lowest BCUT2D eigenvalue weighted by Crippen LogP contribution is -2.35. The molecule has 1 heterocycles. The summed E-state index contributed by atoms with van der Waals surface area (Å²) in [4.78, 5) is 29.7. The molecule has 6 heteroatoms. The molecule has 0 saturated carbocycles. The highest BCUT2D eigenvalue weighted by Gasteiger charge is 2.15. The van der Waals surface area contributed by atoms with E-state index in [0.717, 1.165) is 16.5 Å². The van der Waals surface area contributed by atoms with Crippen LogP contribution in [0.15, 0.2) is 57.8 Å². The third kappa shape index (κ3) is 3.85. The Labute approximate surface area is 160 Å². The second kappa shape index (κ2) is 7.83. The fourth-order valence-corrected chi connectivity index (χ4v) is 3.23. The van der Waals surface area contributed by atoms with E-state index >= 15 is 0 Å². The summed E-state index contributed by atoms with van der Waals surface area (Å²) >= 11 is 3.41. The maximum Gasteiger partial charge on any atom is 0.261 e. The zero-order valence-corrected chi connectivity index (χ0v) is 16.3. The molecule has 3 aromatic rings. The van der Waals surface area contributed by atoms with Crippen molar-refractivity contribution in [3.05, 3.63) is 74.7 Å². The van der Waals surface area contributed by atoms with Crippen molar-refractivity contribution in [1.29, 1.82) is 0 Å². The van der Waals surface area contributed by atoms with Crippen LogP contribution in [0.4, 0.5) is 0 Å². The van der Waals surface area contributed by atoms with Gasteiger partial charge in [0.05, 0.1) is 16.9 Å². The SMILES string of the molecule is CC[C@@H](NC(=O)Cn1c(C)nc2ccccc2c1=O)c1ccc(Br)cc1. The number of fused-ring (bicyclic) bond motifs is 1. The molecule has 0 unspecified atom stereocenters. The number of hydrogen-bond acceptors (Lipinski definition) is 3. The average Bonchev–Trinajstić information content (AvgIpc) is 2.64. The van der Waals surface area contributed by atoms with Gasteiger partial charge in [0.1, 0.15) is 12.4 Å². The van der Waals surface area contributed by atoms with Gasteiger partial charge in [0, 0.05) is 4.47 Å². The predicted octanol–water partition coefficient (Wildman–Crippen LogP) is 3.73. The first kappa shape index (κ1) is 18.3. The number of hydrogen-bond donors (Lipinski definition) is 1. The topological polar surface area (TPSA) is 64.0 Å². The van der Waals surface area contributed by atoms with Gasteiger partial charge in [-0.05, 0) is 43.2 Å². The number of aryl methyl sites for hydroxylation is 1. The van der Waals surface area contributed by atoms with Crippen LogP contribution in [0.1, 0.15) is 30.8 Å². The van der Waals surface area contributed by atoms with Gasteiger partial charge in [-0.3, -0.25) is 14.2 Å². The summed E-state index contributed by atoms with van der Waals surface area (Å²) in [5.74, 6) is 0.322. The number of aromatic nitrogens is 2. The number of nitrogens with one attached hydrogen (secondary N) is 1. The summed E-state index contributed by atoms with van der Waals surface area (Å²) in [5.41, 5.74) is 1.48. The second-order valence-corrected chi connectivity index (χ2v) is 7.06. The highest BCUT2D eigenvalue weighted by Crippen LogP contribution is 2.19. The maximum atomic E-state index is 12.7. The van der Waals surface area contributed by atoms with Crippen molar-refractivity contribution in [3.63, 3.8) is 0 Å². The zero-order chi connectivity index (χ0) is 18.7. The Hall–Kier alpha value is -2.47. The normalized spacial score (nSPS) is 12.1. The average molecular weight is 414 g/mol. The Bertz CT molecular complexity index is 996. The van der Waals surface area contributed by atoms with Crippen LogP contribution in [0.2, 0.25) is 0 Å². The zero-order valence-electron chi connectivity index (χ0n) is 14.7. The van der Waals surface area contributed by atoms with Crippen LogP contribution in [-0.2, 0) is 11.3 Å². The molecule has 0 spiro atoms.